The predicted molar refractivity (Wildman–Crippen MR) is 228 cm³/mol. The van der Waals surface area contributed by atoms with E-state index in [1.807, 2.05) is 72.1 Å². The molecule has 11 rings (SSSR count). The summed E-state index contributed by atoms with van der Waals surface area (Å²) >= 11 is 3.66. The minimum Gasteiger partial charge on any atom is -0.324 e. The first-order valence-electron chi connectivity index (χ1n) is 18.3. The topological polar surface area (TPSA) is 109 Å². The average Bonchev–Trinajstić information content (AvgIpc) is 3.98. The summed E-state index contributed by atoms with van der Waals surface area (Å²) in [6.07, 6.45) is 0. The van der Waals surface area contributed by atoms with Gasteiger partial charge in [0.15, 0.2) is 23.3 Å². The second-order valence-electron chi connectivity index (χ2n) is 13.6. The fraction of sp³-hybridized carbons (Fsp3) is 0.0435. The molecule has 5 heterocycles. The highest BCUT2D eigenvalue weighted by molar-refractivity contribution is 8.01. The van der Waals surface area contributed by atoms with Gasteiger partial charge in [0.25, 0.3) is 0 Å². The van der Waals surface area contributed by atoms with Gasteiger partial charge in [-0.25, -0.2) is 29.9 Å². The van der Waals surface area contributed by atoms with Crippen LogP contribution in [0.2, 0.25) is 0 Å². The lowest BCUT2D eigenvalue weighted by atomic mass is 10.1. The zero-order valence-electron chi connectivity index (χ0n) is 29.8. The van der Waals surface area contributed by atoms with Gasteiger partial charge < -0.3 is 9.97 Å². The molecule has 2 aliphatic rings. The van der Waals surface area contributed by atoms with E-state index >= 15 is 0 Å². The third-order valence-corrected chi connectivity index (χ3v) is 12.5. The van der Waals surface area contributed by atoms with E-state index in [1.54, 1.807) is 0 Å². The molecule has 56 heavy (non-hydrogen) atoms. The maximum atomic E-state index is 5.28. The number of fused-ring (bicyclic) bond motifs is 20. The monoisotopic (exact) mass is 758 g/mol. The summed E-state index contributed by atoms with van der Waals surface area (Å²) in [4.78, 5) is 40.5. The molecule has 8 bridgehead atoms. The molecule has 0 saturated heterocycles. The maximum Gasteiger partial charge on any atom is 0.164 e. The van der Waals surface area contributed by atoms with Crippen molar-refractivity contribution >= 4 is 67.7 Å². The lowest BCUT2D eigenvalue weighted by Crippen LogP contribution is -1.89. The van der Waals surface area contributed by atoms with Crippen molar-refractivity contribution in [1.82, 2.24) is 39.9 Å². The van der Waals surface area contributed by atoms with Crippen LogP contribution in [0.3, 0.4) is 0 Å². The van der Waals surface area contributed by atoms with Crippen LogP contribution >= 0.6 is 23.5 Å². The van der Waals surface area contributed by atoms with Crippen molar-refractivity contribution < 1.29 is 0 Å². The van der Waals surface area contributed by atoms with Gasteiger partial charge in [-0.15, -0.1) is 23.5 Å². The fourth-order valence-corrected chi connectivity index (χ4v) is 9.53. The van der Waals surface area contributed by atoms with Crippen LogP contribution in [0, 0.1) is 0 Å². The Kier molecular flexibility index (Phi) is 7.96. The van der Waals surface area contributed by atoms with Crippen LogP contribution in [0.4, 0.5) is 0 Å². The Labute approximate surface area is 329 Å². The summed E-state index contributed by atoms with van der Waals surface area (Å²) in [5.74, 6) is 4.02. The molecule has 0 aliphatic carbocycles. The highest BCUT2D eigenvalue weighted by atomic mass is 32.2. The van der Waals surface area contributed by atoms with E-state index in [-0.39, 0.29) is 0 Å². The molecule has 3 aromatic heterocycles. The van der Waals surface area contributed by atoms with Gasteiger partial charge >= 0.3 is 0 Å². The largest absolute Gasteiger partial charge is 0.324 e. The van der Waals surface area contributed by atoms with Crippen LogP contribution in [0.5, 0.6) is 0 Å². The summed E-state index contributed by atoms with van der Waals surface area (Å²) in [7, 11) is 0. The highest BCUT2D eigenvalue weighted by Gasteiger charge is 2.24. The van der Waals surface area contributed by atoms with Gasteiger partial charge in [-0.1, -0.05) is 133 Å². The molecule has 10 heteroatoms. The second-order valence-corrected chi connectivity index (χ2v) is 15.7. The molecule has 266 valence electrons. The van der Waals surface area contributed by atoms with Crippen LogP contribution in [-0.4, -0.2) is 39.9 Å². The van der Waals surface area contributed by atoms with Crippen LogP contribution in [-0.2, 0) is 11.5 Å². The van der Waals surface area contributed by atoms with E-state index in [0.29, 0.717) is 45.9 Å². The Balaban J connectivity index is 1.19. The van der Waals surface area contributed by atoms with E-state index in [9.17, 15) is 0 Å². The number of aromatic nitrogens is 8. The minimum atomic E-state index is 0.588. The first-order chi connectivity index (χ1) is 27.7. The molecular weight excluding hydrogens is 729 g/mol. The average molecular weight is 759 g/mol. The molecule has 2 N–H and O–H groups in total. The first kappa shape index (κ1) is 32.8. The summed E-state index contributed by atoms with van der Waals surface area (Å²) in [6, 6.07) is 50.1. The van der Waals surface area contributed by atoms with Gasteiger partial charge in [0, 0.05) is 65.1 Å². The van der Waals surface area contributed by atoms with Gasteiger partial charge in [0.1, 0.15) is 22.6 Å². The smallest absolute Gasteiger partial charge is 0.164 e. The number of aromatic amines is 2. The van der Waals surface area contributed by atoms with Crippen molar-refractivity contribution in [3.8, 4) is 45.6 Å². The number of benzene rings is 6. The third kappa shape index (κ3) is 5.82. The summed E-state index contributed by atoms with van der Waals surface area (Å²) in [5.41, 5.74) is 8.93. The van der Waals surface area contributed by atoms with Crippen LogP contribution in [0.1, 0.15) is 11.1 Å². The molecule has 2 aliphatic heterocycles. The van der Waals surface area contributed by atoms with Crippen molar-refractivity contribution in [1.29, 1.82) is 0 Å². The van der Waals surface area contributed by atoms with E-state index in [0.717, 1.165) is 55.3 Å². The molecule has 9 aromatic rings. The molecule has 0 fully saturated rings. The molecule has 8 nitrogen and oxygen atoms in total. The van der Waals surface area contributed by atoms with E-state index in [2.05, 4.69) is 107 Å². The Hall–Kier alpha value is -6.62. The Morgan fingerprint density at radius 2 is 0.661 bits per heavy atom. The Bertz CT molecular complexity index is 2950. The SMILES string of the molecule is c1ccc(CSc2cc3c(cc2SCc2ccccc2)-c2nc-3nc3[nH]c(nc4nc(nc5[nH]c(n2)c2ccccc52)-c2ccccc2-4)c2ccccc32)cc1. The van der Waals surface area contributed by atoms with Gasteiger partial charge in [-0.2, -0.15) is 0 Å². The number of rotatable bonds is 6. The molecule has 0 radical (unpaired) electrons. The van der Waals surface area contributed by atoms with Crippen molar-refractivity contribution in [2.75, 3.05) is 0 Å². The fourth-order valence-electron chi connectivity index (χ4n) is 7.34. The zero-order chi connectivity index (χ0) is 37.0. The van der Waals surface area contributed by atoms with E-state index in [1.165, 1.54) is 20.9 Å². The van der Waals surface area contributed by atoms with Crippen molar-refractivity contribution in [2.45, 2.75) is 21.3 Å². The second kappa shape index (κ2) is 13.6. The first-order valence-corrected chi connectivity index (χ1v) is 20.3. The highest BCUT2D eigenvalue weighted by Crippen LogP contribution is 2.44. The maximum absolute atomic E-state index is 5.28. The quantitative estimate of drug-likeness (QED) is 0.161. The van der Waals surface area contributed by atoms with E-state index in [4.69, 9.17) is 29.9 Å². The summed E-state index contributed by atoms with van der Waals surface area (Å²) in [5, 5.41) is 3.78. The number of nitrogens with one attached hydrogen (secondary N) is 2. The molecule has 0 spiro atoms. The van der Waals surface area contributed by atoms with E-state index < -0.39 is 0 Å². The van der Waals surface area contributed by atoms with Crippen molar-refractivity contribution in [3.05, 3.63) is 157 Å². The molecule has 0 amide bonds. The third-order valence-electron chi connectivity index (χ3n) is 10.1. The van der Waals surface area contributed by atoms with Gasteiger partial charge in [0.2, 0.25) is 0 Å². The predicted octanol–water partition coefficient (Wildman–Crippen LogP) is 11.5. The van der Waals surface area contributed by atoms with Crippen LogP contribution in [0.15, 0.2) is 155 Å². The minimum absolute atomic E-state index is 0.588. The lowest BCUT2D eigenvalue weighted by Gasteiger charge is -2.12. The van der Waals surface area contributed by atoms with Gasteiger partial charge in [0.05, 0.1) is 0 Å². The number of H-pyrrole nitrogens is 2. The Morgan fingerprint density at radius 1 is 0.339 bits per heavy atom. The molecular formula is C46H30N8S2. The zero-order valence-corrected chi connectivity index (χ0v) is 31.4. The normalized spacial score (nSPS) is 11.9. The summed E-state index contributed by atoms with van der Waals surface area (Å²) in [6.45, 7) is 0. The van der Waals surface area contributed by atoms with Crippen LogP contribution < -0.4 is 0 Å². The van der Waals surface area contributed by atoms with Gasteiger partial charge in [-0.3, -0.25) is 0 Å². The Morgan fingerprint density at radius 3 is 1.04 bits per heavy atom. The molecule has 6 aromatic carbocycles. The summed E-state index contributed by atoms with van der Waals surface area (Å²) < 4.78 is 0. The molecule has 0 atom stereocenters. The van der Waals surface area contributed by atoms with Crippen LogP contribution in [0.25, 0.3) is 89.7 Å². The lowest BCUT2D eigenvalue weighted by molar-refractivity contribution is 1.19. The van der Waals surface area contributed by atoms with Crippen molar-refractivity contribution in [3.63, 3.8) is 0 Å². The standard InChI is InChI=1S/C46H30N8S2/c1-3-13-27(14-4-1)25-55-37-23-35-36(24-38(37)56-26-28-15-5-2-6-16-28)46-53-44-34-22-12-10-20-32(34)42(51-44)49-40-30-18-8-7-17-29(30)39(47-40)48-41-31-19-9-11-21-33(31)43(50-41)52-45(35)54-46/h1-24H,25-26H2,(H2,47,48,49,50,51,52,53,54). The number of hydrogen-bond donors (Lipinski definition) is 2. The van der Waals surface area contributed by atoms with Gasteiger partial charge in [-0.05, 0) is 23.3 Å². The number of hydrogen-bond acceptors (Lipinski definition) is 8. The molecule has 0 saturated carbocycles. The number of thioether (sulfide) groups is 2. The molecule has 0 unspecified atom stereocenters. The number of nitrogens with zero attached hydrogens (tertiary/aromatic N) is 6. The van der Waals surface area contributed by atoms with Crippen molar-refractivity contribution in [2.24, 2.45) is 0 Å².